The van der Waals surface area contributed by atoms with Crippen LogP contribution in [-0.2, 0) is 9.59 Å². The van der Waals surface area contributed by atoms with Crippen LogP contribution in [-0.4, -0.2) is 47.6 Å². The third kappa shape index (κ3) is 2.71. The summed E-state index contributed by atoms with van der Waals surface area (Å²) >= 11 is 0. The summed E-state index contributed by atoms with van der Waals surface area (Å²) in [6.45, 7) is 5.69. The molecule has 2 aliphatic rings. The highest BCUT2D eigenvalue weighted by atomic mass is 16.4. The van der Waals surface area contributed by atoms with E-state index in [0.29, 0.717) is 19.6 Å². The third-order valence-corrected chi connectivity index (χ3v) is 5.88. The summed E-state index contributed by atoms with van der Waals surface area (Å²) < 4.78 is 0. The molecule has 1 saturated heterocycles. The van der Waals surface area contributed by atoms with Crippen molar-refractivity contribution in [2.45, 2.75) is 39.2 Å². The van der Waals surface area contributed by atoms with E-state index in [0.717, 1.165) is 24.9 Å². The summed E-state index contributed by atoms with van der Waals surface area (Å²) in [6, 6.07) is 9.36. The molecule has 1 N–H and O–H groups in total. The second kappa shape index (κ2) is 6.55. The lowest BCUT2D eigenvalue weighted by molar-refractivity contribution is -0.149. The molecule has 1 unspecified atom stereocenters. The summed E-state index contributed by atoms with van der Waals surface area (Å²) in [4.78, 5) is 28.7. The van der Waals surface area contributed by atoms with Crippen LogP contribution in [0, 0.1) is 11.3 Å². The first kappa shape index (κ1) is 17.0. The number of rotatable bonds is 5. The van der Waals surface area contributed by atoms with Gasteiger partial charge in [0.1, 0.15) is 0 Å². The van der Waals surface area contributed by atoms with Crippen LogP contribution in [0.5, 0.6) is 0 Å². The van der Waals surface area contributed by atoms with Gasteiger partial charge in [0.15, 0.2) is 0 Å². The number of likely N-dealkylation sites (N-methyl/N-ethyl adjacent to an activating group) is 1. The Bertz CT molecular complexity index is 618. The van der Waals surface area contributed by atoms with Crippen molar-refractivity contribution in [1.29, 1.82) is 0 Å². The number of carbonyl (C=O) groups is 2. The van der Waals surface area contributed by atoms with E-state index in [1.807, 2.05) is 44.2 Å². The number of fused-ring (bicyclic) bond motifs is 1. The van der Waals surface area contributed by atoms with Gasteiger partial charge in [-0.05, 0) is 44.7 Å². The van der Waals surface area contributed by atoms with Gasteiger partial charge in [0.2, 0.25) is 5.91 Å². The van der Waals surface area contributed by atoms with Crippen molar-refractivity contribution < 1.29 is 14.7 Å². The van der Waals surface area contributed by atoms with E-state index in [2.05, 4.69) is 4.90 Å². The van der Waals surface area contributed by atoms with Crippen molar-refractivity contribution in [2.75, 3.05) is 24.5 Å². The number of amides is 1. The zero-order chi connectivity index (χ0) is 17.3. The molecule has 1 aromatic carbocycles. The lowest BCUT2D eigenvalue weighted by atomic mass is 9.81. The molecule has 1 aliphatic heterocycles. The maximum absolute atomic E-state index is 13.0. The predicted octanol–water partition coefficient (Wildman–Crippen LogP) is 2.61. The molecular formula is C19H26N2O3. The topological polar surface area (TPSA) is 60.9 Å². The molecule has 1 saturated carbocycles. The number of nitrogens with zero attached hydrogens (tertiary/aromatic N) is 2. The van der Waals surface area contributed by atoms with E-state index < -0.39 is 11.4 Å². The summed E-state index contributed by atoms with van der Waals surface area (Å²) in [5.41, 5.74) is 0.252. The number of aliphatic carboxylic acids is 1. The molecule has 1 amide bonds. The van der Waals surface area contributed by atoms with Gasteiger partial charge in [-0.15, -0.1) is 0 Å². The Morgan fingerprint density at radius 2 is 2.08 bits per heavy atom. The van der Waals surface area contributed by atoms with Gasteiger partial charge in [0.05, 0.1) is 11.5 Å². The fourth-order valence-electron chi connectivity index (χ4n) is 4.43. The lowest BCUT2D eigenvalue weighted by Crippen LogP contribution is -2.47. The van der Waals surface area contributed by atoms with Gasteiger partial charge in [-0.25, -0.2) is 0 Å². The summed E-state index contributed by atoms with van der Waals surface area (Å²) in [5.74, 6) is -0.469. The van der Waals surface area contributed by atoms with Gasteiger partial charge < -0.3 is 10.0 Å². The van der Waals surface area contributed by atoms with Gasteiger partial charge >= 0.3 is 5.97 Å². The fourth-order valence-corrected chi connectivity index (χ4v) is 4.43. The molecule has 5 heteroatoms. The quantitative estimate of drug-likeness (QED) is 0.901. The summed E-state index contributed by atoms with van der Waals surface area (Å²) in [6.07, 6.45) is 2.68. The standard InChI is InChI=1S/C19H26N2O3/c1-3-21(16-9-5-4-6-10-16)17(22)14(2)20-12-15-8-7-11-19(15,13-20)18(23)24/h4-6,9-10,14-15H,3,7-8,11-13H2,1-2H3,(H,23,24)/t14?,15-,19+/m0/s1. The number of carbonyl (C=O) groups excluding carboxylic acids is 1. The molecule has 0 spiro atoms. The highest BCUT2D eigenvalue weighted by molar-refractivity contribution is 5.97. The van der Waals surface area contributed by atoms with Gasteiger partial charge in [-0.1, -0.05) is 24.6 Å². The number of carboxylic acids is 1. The Kier molecular flexibility index (Phi) is 4.63. The lowest BCUT2D eigenvalue weighted by Gasteiger charge is -2.31. The molecule has 130 valence electrons. The van der Waals surface area contributed by atoms with Crippen molar-refractivity contribution in [3.8, 4) is 0 Å². The number of anilines is 1. The second-order valence-electron chi connectivity index (χ2n) is 7.07. The SMILES string of the molecule is CCN(C(=O)C(C)N1C[C@@H]2CCC[C@@]2(C(=O)O)C1)c1ccccc1. The first-order valence-corrected chi connectivity index (χ1v) is 8.83. The Balaban J connectivity index is 1.76. The van der Waals surface area contributed by atoms with E-state index in [-0.39, 0.29) is 17.9 Å². The number of hydrogen-bond donors (Lipinski definition) is 1. The molecule has 3 atom stereocenters. The van der Waals surface area contributed by atoms with Crippen LogP contribution in [0.25, 0.3) is 0 Å². The molecule has 2 fully saturated rings. The van der Waals surface area contributed by atoms with E-state index >= 15 is 0 Å². The Morgan fingerprint density at radius 3 is 2.67 bits per heavy atom. The van der Waals surface area contributed by atoms with Crippen LogP contribution in [0.3, 0.4) is 0 Å². The highest BCUT2D eigenvalue weighted by Crippen LogP contribution is 2.49. The molecular weight excluding hydrogens is 304 g/mol. The minimum absolute atomic E-state index is 0.0456. The van der Waals surface area contributed by atoms with Crippen LogP contribution < -0.4 is 4.90 Å². The average Bonchev–Trinajstić information content (AvgIpc) is 3.14. The molecule has 1 heterocycles. The Labute approximate surface area is 143 Å². The predicted molar refractivity (Wildman–Crippen MR) is 92.9 cm³/mol. The summed E-state index contributed by atoms with van der Waals surface area (Å²) in [5, 5.41) is 9.72. The van der Waals surface area contributed by atoms with E-state index in [9.17, 15) is 14.7 Å². The molecule has 24 heavy (non-hydrogen) atoms. The van der Waals surface area contributed by atoms with Crippen LogP contribution in [0.2, 0.25) is 0 Å². The number of carboxylic acid groups (broad SMARTS) is 1. The zero-order valence-electron chi connectivity index (χ0n) is 14.4. The van der Waals surface area contributed by atoms with Crippen LogP contribution >= 0.6 is 0 Å². The zero-order valence-corrected chi connectivity index (χ0v) is 14.4. The number of likely N-dealkylation sites (tertiary alicyclic amines) is 1. The number of hydrogen-bond acceptors (Lipinski definition) is 3. The smallest absolute Gasteiger partial charge is 0.311 e. The highest BCUT2D eigenvalue weighted by Gasteiger charge is 2.56. The van der Waals surface area contributed by atoms with Crippen LogP contribution in [0.4, 0.5) is 5.69 Å². The summed E-state index contributed by atoms with van der Waals surface area (Å²) in [7, 11) is 0. The molecule has 0 bridgehead atoms. The minimum Gasteiger partial charge on any atom is -0.481 e. The van der Waals surface area contributed by atoms with Gasteiger partial charge in [0.25, 0.3) is 0 Å². The van der Waals surface area contributed by atoms with Gasteiger partial charge in [-0.2, -0.15) is 0 Å². The van der Waals surface area contributed by atoms with Crippen molar-refractivity contribution in [2.24, 2.45) is 11.3 Å². The van der Waals surface area contributed by atoms with Crippen molar-refractivity contribution in [1.82, 2.24) is 4.90 Å². The van der Waals surface area contributed by atoms with Gasteiger partial charge in [0, 0.05) is 25.3 Å². The molecule has 5 nitrogen and oxygen atoms in total. The van der Waals surface area contributed by atoms with Gasteiger partial charge in [-0.3, -0.25) is 14.5 Å². The van der Waals surface area contributed by atoms with E-state index in [1.54, 1.807) is 4.90 Å². The first-order chi connectivity index (χ1) is 11.5. The number of benzene rings is 1. The van der Waals surface area contributed by atoms with Crippen molar-refractivity contribution in [3.63, 3.8) is 0 Å². The van der Waals surface area contributed by atoms with E-state index in [4.69, 9.17) is 0 Å². The third-order valence-electron chi connectivity index (χ3n) is 5.88. The Hall–Kier alpha value is -1.88. The first-order valence-electron chi connectivity index (χ1n) is 8.83. The molecule has 3 rings (SSSR count). The second-order valence-corrected chi connectivity index (χ2v) is 7.07. The maximum atomic E-state index is 13.0. The van der Waals surface area contributed by atoms with Crippen molar-refractivity contribution >= 4 is 17.6 Å². The van der Waals surface area contributed by atoms with Crippen LogP contribution in [0.15, 0.2) is 30.3 Å². The fraction of sp³-hybridized carbons (Fsp3) is 0.579. The Morgan fingerprint density at radius 1 is 1.38 bits per heavy atom. The molecule has 0 aromatic heterocycles. The molecule has 1 aromatic rings. The normalized spacial score (nSPS) is 27.7. The van der Waals surface area contributed by atoms with E-state index in [1.165, 1.54) is 0 Å². The number of para-hydroxylation sites is 1. The maximum Gasteiger partial charge on any atom is 0.311 e. The van der Waals surface area contributed by atoms with Crippen molar-refractivity contribution in [3.05, 3.63) is 30.3 Å². The molecule has 1 aliphatic carbocycles. The average molecular weight is 330 g/mol. The minimum atomic E-state index is -0.692. The monoisotopic (exact) mass is 330 g/mol. The molecule has 0 radical (unpaired) electrons. The van der Waals surface area contributed by atoms with Crippen LogP contribution in [0.1, 0.15) is 33.1 Å². The largest absolute Gasteiger partial charge is 0.481 e.